The van der Waals surface area contributed by atoms with E-state index in [1.807, 2.05) is 23.8 Å². The van der Waals surface area contributed by atoms with Crippen molar-refractivity contribution in [1.29, 1.82) is 0 Å². The number of fused-ring (bicyclic) bond motifs is 1. The molecule has 7 nitrogen and oxygen atoms in total. The van der Waals surface area contributed by atoms with Crippen LogP contribution in [-0.4, -0.2) is 52.9 Å². The Morgan fingerprint density at radius 2 is 2.37 bits per heavy atom. The molecule has 1 unspecified atom stereocenters. The molecule has 0 saturated carbocycles. The zero-order valence-corrected chi connectivity index (χ0v) is 11.1. The van der Waals surface area contributed by atoms with Crippen LogP contribution in [0.4, 0.5) is 11.6 Å². The highest BCUT2D eigenvalue weighted by Crippen LogP contribution is 2.17. The van der Waals surface area contributed by atoms with Crippen LogP contribution in [0.1, 0.15) is 6.42 Å². The molecule has 0 fully saturated rings. The maximum Gasteiger partial charge on any atom is 0.180 e. The monoisotopic (exact) mass is 265 g/mol. The zero-order valence-electron chi connectivity index (χ0n) is 11.1. The largest absolute Gasteiger partial charge is 0.396 e. The van der Waals surface area contributed by atoms with Gasteiger partial charge in [0, 0.05) is 33.2 Å². The minimum atomic E-state index is -0.00453. The molecule has 3 N–H and O–H groups in total. The number of aliphatic hydroxyl groups excluding tert-OH is 1. The van der Waals surface area contributed by atoms with Crippen molar-refractivity contribution >= 4 is 17.3 Å². The summed E-state index contributed by atoms with van der Waals surface area (Å²) < 4.78 is 7.03. The minimum Gasteiger partial charge on any atom is -0.396 e. The molecule has 0 aliphatic heterocycles. The van der Waals surface area contributed by atoms with Crippen molar-refractivity contribution in [2.45, 2.75) is 12.5 Å². The van der Waals surface area contributed by atoms with E-state index in [2.05, 4.69) is 20.6 Å². The fourth-order valence-corrected chi connectivity index (χ4v) is 1.90. The van der Waals surface area contributed by atoms with Crippen LogP contribution >= 0.6 is 0 Å². The number of aromatic nitrogens is 3. The van der Waals surface area contributed by atoms with Gasteiger partial charge >= 0.3 is 0 Å². The first-order chi connectivity index (χ1) is 9.28. The van der Waals surface area contributed by atoms with E-state index in [-0.39, 0.29) is 12.6 Å². The number of imidazole rings is 1. The average molecular weight is 265 g/mol. The first-order valence-electron chi connectivity index (χ1n) is 6.16. The smallest absolute Gasteiger partial charge is 0.180 e. The molecule has 0 spiro atoms. The Morgan fingerprint density at radius 1 is 1.53 bits per heavy atom. The van der Waals surface area contributed by atoms with Gasteiger partial charge in [0.1, 0.15) is 5.82 Å². The predicted octanol–water partition coefficient (Wildman–Crippen LogP) is 0.580. The summed E-state index contributed by atoms with van der Waals surface area (Å²) in [5.41, 5.74) is 0.748. The molecular formula is C12H19N5O2. The molecule has 0 aromatic carbocycles. The van der Waals surface area contributed by atoms with E-state index >= 15 is 0 Å². The lowest BCUT2D eigenvalue weighted by Gasteiger charge is -2.18. The van der Waals surface area contributed by atoms with E-state index < -0.39 is 0 Å². The maximum atomic E-state index is 9.07. The van der Waals surface area contributed by atoms with E-state index in [1.165, 1.54) is 0 Å². The van der Waals surface area contributed by atoms with Gasteiger partial charge in [-0.15, -0.1) is 0 Å². The number of anilines is 2. The lowest BCUT2D eigenvalue weighted by molar-refractivity contribution is 0.170. The number of aliphatic hydroxyl groups is 1. The number of rotatable bonds is 7. The molecule has 0 radical (unpaired) electrons. The fraction of sp³-hybridized carbons (Fsp3) is 0.500. The van der Waals surface area contributed by atoms with Crippen molar-refractivity contribution in [1.82, 2.24) is 14.4 Å². The molecule has 19 heavy (non-hydrogen) atoms. The summed E-state index contributed by atoms with van der Waals surface area (Å²) in [6.07, 6.45) is 6.04. The van der Waals surface area contributed by atoms with Gasteiger partial charge in [0.25, 0.3) is 0 Å². The number of methoxy groups -OCH3 is 1. The van der Waals surface area contributed by atoms with Gasteiger partial charge in [-0.05, 0) is 6.42 Å². The van der Waals surface area contributed by atoms with E-state index in [4.69, 9.17) is 9.84 Å². The highest BCUT2D eigenvalue weighted by molar-refractivity contribution is 5.65. The molecule has 2 rings (SSSR count). The fourth-order valence-electron chi connectivity index (χ4n) is 1.90. The highest BCUT2D eigenvalue weighted by atomic mass is 16.5. The van der Waals surface area contributed by atoms with E-state index in [9.17, 15) is 0 Å². The van der Waals surface area contributed by atoms with E-state index in [0.29, 0.717) is 18.8 Å². The number of nitrogens with one attached hydrogen (secondary N) is 2. The van der Waals surface area contributed by atoms with Crippen molar-refractivity contribution in [2.24, 2.45) is 0 Å². The van der Waals surface area contributed by atoms with Crippen molar-refractivity contribution in [3.63, 3.8) is 0 Å². The predicted molar refractivity (Wildman–Crippen MR) is 73.5 cm³/mol. The summed E-state index contributed by atoms with van der Waals surface area (Å²) in [6.45, 7) is 0.594. The average Bonchev–Trinajstić information content (AvgIpc) is 2.87. The second-order valence-electron chi connectivity index (χ2n) is 4.19. The van der Waals surface area contributed by atoms with Crippen molar-refractivity contribution in [3.8, 4) is 0 Å². The Morgan fingerprint density at radius 3 is 3.05 bits per heavy atom. The highest BCUT2D eigenvalue weighted by Gasteiger charge is 2.13. The summed E-state index contributed by atoms with van der Waals surface area (Å²) in [6, 6.07) is -0.00453. The van der Waals surface area contributed by atoms with Crippen LogP contribution in [0, 0.1) is 0 Å². The normalized spacial score (nSPS) is 12.6. The van der Waals surface area contributed by atoms with Gasteiger partial charge in [0.05, 0.1) is 18.8 Å². The molecule has 1 atom stereocenters. The lowest BCUT2D eigenvalue weighted by Crippen LogP contribution is -2.27. The molecule has 0 aliphatic carbocycles. The van der Waals surface area contributed by atoms with E-state index in [0.717, 1.165) is 11.5 Å². The lowest BCUT2D eigenvalue weighted by atomic mass is 10.2. The zero-order chi connectivity index (χ0) is 13.7. The molecule has 0 aliphatic rings. The second kappa shape index (κ2) is 6.35. The van der Waals surface area contributed by atoms with Crippen LogP contribution in [0.5, 0.6) is 0 Å². The maximum absolute atomic E-state index is 9.07. The van der Waals surface area contributed by atoms with Crippen LogP contribution in [0.3, 0.4) is 0 Å². The first-order valence-corrected chi connectivity index (χ1v) is 6.16. The minimum absolute atomic E-state index is 0.00453. The van der Waals surface area contributed by atoms with Crippen molar-refractivity contribution in [3.05, 3.63) is 18.6 Å². The van der Waals surface area contributed by atoms with Gasteiger partial charge in [-0.2, -0.15) is 0 Å². The number of nitrogens with zero attached hydrogens (tertiary/aromatic N) is 3. The standard InChI is InChI=1S/C12H19N5O2/c1-13-10-7-17-5-4-14-12(17)11(16-10)15-9(3-6-18)8-19-2/h4-5,7,9,13,18H,3,6,8H2,1-2H3,(H,15,16). The van der Waals surface area contributed by atoms with Crippen LogP contribution in [-0.2, 0) is 4.74 Å². The van der Waals surface area contributed by atoms with Gasteiger partial charge in [0.2, 0.25) is 0 Å². The Kier molecular flexibility index (Phi) is 4.53. The SMILES string of the molecule is CNc1cn2ccnc2c(NC(CCO)COC)n1. The molecule has 104 valence electrons. The van der Waals surface area contributed by atoms with E-state index in [1.54, 1.807) is 13.3 Å². The number of ether oxygens (including phenoxy) is 1. The Labute approximate surface area is 111 Å². The third-order valence-electron chi connectivity index (χ3n) is 2.82. The second-order valence-corrected chi connectivity index (χ2v) is 4.19. The molecular weight excluding hydrogens is 246 g/mol. The molecule has 0 bridgehead atoms. The third-order valence-corrected chi connectivity index (χ3v) is 2.82. The first kappa shape index (κ1) is 13.6. The Balaban J connectivity index is 2.28. The molecule has 0 saturated heterocycles. The summed E-state index contributed by atoms with van der Waals surface area (Å²) >= 11 is 0. The quantitative estimate of drug-likeness (QED) is 0.679. The molecule has 7 heteroatoms. The molecule has 2 heterocycles. The van der Waals surface area contributed by atoms with Crippen LogP contribution in [0.25, 0.3) is 5.65 Å². The van der Waals surface area contributed by atoms with Crippen molar-refractivity contribution in [2.75, 3.05) is 38.0 Å². The number of hydrogen-bond donors (Lipinski definition) is 3. The summed E-state index contributed by atoms with van der Waals surface area (Å²) in [7, 11) is 3.45. The summed E-state index contributed by atoms with van der Waals surface area (Å²) in [5, 5.41) is 15.3. The van der Waals surface area contributed by atoms with Gasteiger partial charge in [-0.1, -0.05) is 0 Å². The van der Waals surface area contributed by atoms with Gasteiger partial charge in [-0.25, -0.2) is 9.97 Å². The molecule has 2 aromatic heterocycles. The van der Waals surface area contributed by atoms with Gasteiger partial charge in [-0.3, -0.25) is 0 Å². The summed E-state index contributed by atoms with van der Waals surface area (Å²) in [4.78, 5) is 8.73. The van der Waals surface area contributed by atoms with Crippen LogP contribution < -0.4 is 10.6 Å². The van der Waals surface area contributed by atoms with Crippen LogP contribution in [0.15, 0.2) is 18.6 Å². The number of hydrogen-bond acceptors (Lipinski definition) is 6. The van der Waals surface area contributed by atoms with Crippen LogP contribution in [0.2, 0.25) is 0 Å². The van der Waals surface area contributed by atoms with Gasteiger partial charge < -0.3 is 24.9 Å². The summed E-state index contributed by atoms with van der Waals surface area (Å²) in [5.74, 6) is 1.42. The Hall–Kier alpha value is -1.86. The Bertz CT molecular complexity index is 522. The molecule has 0 amide bonds. The topological polar surface area (TPSA) is 83.7 Å². The third kappa shape index (κ3) is 3.12. The molecule has 2 aromatic rings. The van der Waals surface area contributed by atoms with Crippen molar-refractivity contribution < 1.29 is 9.84 Å². The van der Waals surface area contributed by atoms with Gasteiger partial charge in [0.15, 0.2) is 11.5 Å².